The van der Waals surface area contributed by atoms with Crippen LogP contribution in [0.25, 0.3) is 0 Å². The van der Waals surface area contributed by atoms with Crippen LogP contribution >= 0.6 is 0 Å². The molecule has 2 saturated heterocycles. The highest BCUT2D eigenvalue weighted by atomic mass is 16.7. The second kappa shape index (κ2) is 10.9. The maximum Gasteiger partial charge on any atom is 0.157 e. The first-order chi connectivity index (χ1) is 14.4. The zero-order chi connectivity index (χ0) is 19.7. The topological polar surface area (TPSA) is 21.7 Å². The highest BCUT2D eigenvalue weighted by molar-refractivity contribution is 5.31. The number of benzene rings is 2. The second-order valence-corrected chi connectivity index (χ2v) is 8.51. The third kappa shape index (κ3) is 5.91. The van der Waals surface area contributed by atoms with Gasteiger partial charge in [0.2, 0.25) is 0 Å². The molecule has 0 bridgehead atoms. The van der Waals surface area contributed by atoms with Gasteiger partial charge in [-0.1, -0.05) is 60.7 Å². The fourth-order valence-corrected chi connectivity index (χ4v) is 4.81. The van der Waals surface area contributed by atoms with Crippen LogP contribution in [0.5, 0.6) is 0 Å². The molecule has 4 rings (SSSR count). The molecule has 2 fully saturated rings. The zero-order valence-electron chi connectivity index (χ0n) is 17.5. The van der Waals surface area contributed by atoms with Crippen molar-refractivity contribution in [1.29, 1.82) is 0 Å². The van der Waals surface area contributed by atoms with E-state index in [1.807, 2.05) is 0 Å². The molecule has 2 aliphatic heterocycles. The summed E-state index contributed by atoms with van der Waals surface area (Å²) in [4.78, 5) is 2.67. The summed E-state index contributed by atoms with van der Waals surface area (Å²) in [6.07, 6.45) is 8.57. The van der Waals surface area contributed by atoms with Crippen LogP contribution in [0.2, 0.25) is 0 Å². The Labute approximate surface area is 176 Å². The summed E-state index contributed by atoms with van der Waals surface area (Å²) in [6, 6.07) is 22.3. The van der Waals surface area contributed by atoms with E-state index in [-0.39, 0.29) is 6.29 Å². The average Bonchev–Trinajstić information content (AvgIpc) is 2.80. The number of ether oxygens (including phenoxy) is 2. The number of nitrogens with zero attached hydrogens (tertiary/aromatic N) is 1. The van der Waals surface area contributed by atoms with Crippen molar-refractivity contribution in [2.24, 2.45) is 5.92 Å². The summed E-state index contributed by atoms with van der Waals surface area (Å²) in [7, 11) is 0. The average molecular weight is 394 g/mol. The molecule has 0 saturated carbocycles. The second-order valence-electron chi connectivity index (χ2n) is 8.51. The maximum atomic E-state index is 5.92. The minimum atomic E-state index is 0.0584. The summed E-state index contributed by atoms with van der Waals surface area (Å²) in [5.41, 5.74) is 2.80. The number of piperidine rings is 1. The Bertz CT molecular complexity index is 652. The molecule has 2 aromatic carbocycles. The van der Waals surface area contributed by atoms with Crippen LogP contribution in [0.15, 0.2) is 60.7 Å². The third-order valence-electron chi connectivity index (χ3n) is 6.44. The molecular weight excluding hydrogens is 358 g/mol. The first-order valence-electron chi connectivity index (χ1n) is 11.5. The summed E-state index contributed by atoms with van der Waals surface area (Å²) in [5, 5.41) is 0. The molecule has 2 aromatic rings. The fraction of sp³-hybridized carbons (Fsp3) is 0.538. The lowest BCUT2D eigenvalue weighted by atomic mass is 9.89. The van der Waals surface area contributed by atoms with Gasteiger partial charge in [-0.2, -0.15) is 0 Å². The van der Waals surface area contributed by atoms with E-state index < -0.39 is 0 Å². The molecule has 2 aliphatic rings. The van der Waals surface area contributed by atoms with E-state index >= 15 is 0 Å². The largest absolute Gasteiger partial charge is 0.353 e. The van der Waals surface area contributed by atoms with Gasteiger partial charge < -0.3 is 9.47 Å². The van der Waals surface area contributed by atoms with Gasteiger partial charge >= 0.3 is 0 Å². The van der Waals surface area contributed by atoms with Gasteiger partial charge in [0.05, 0.1) is 6.04 Å². The van der Waals surface area contributed by atoms with Gasteiger partial charge in [-0.3, -0.25) is 4.90 Å². The van der Waals surface area contributed by atoms with Gasteiger partial charge in [-0.05, 0) is 75.1 Å². The summed E-state index contributed by atoms with van der Waals surface area (Å²) in [5.74, 6) is 0.828. The molecular formula is C26H35NO2. The molecule has 156 valence electrons. The molecule has 0 aromatic heterocycles. The lowest BCUT2D eigenvalue weighted by molar-refractivity contribution is -0.163. The van der Waals surface area contributed by atoms with Crippen molar-refractivity contribution in [3.8, 4) is 0 Å². The van der Waals surface area contributed by atoms with E-state index in [0.717, 1.165) is 32.0 Å². The predicted molar refractivity (Wildman–Crippen MR) is 118 cm³/mol. The molecule has 1 atom stereocenters. The Morgan fingerprint density at radius 2 is 1.52 bits per heavy atom. The lowest BCUT2D eigenvalue weighted by Crippen LogP contribution is -2.37. The van der Waals surface area contributed by atoms with Gasteiger partial charge in [0, 0.05) is 13.2 Å². The SMILES string of the molecule is c1ccc(C(c2ccccc2)N2CCC(CCCOC3CCCCO3)CC2)cc1. The van der Waals surface area contributed by atoms with E-state index in [1.54, 1.807) is 0 Å². The van der Waals surface area contributed by atoms with Crippen molar-refractivity contribution in [2.75, 3.05) is 26.3 Å². The minimum Gasteiger partial charge on any atom is -0.353 e. The van der Waals surface area contributed by atoms with Crippen LogP contribution < -0.4 is 0 Å². The van der Waals surface area contributed by atoms with Crippen molar-refractivity contribution < 1.29 is 9.47 Å². The summed E-state index contributed by atoms with van der Waals surface area (Å²) >= 11 is 0. The first-order valence-corrected chi connectivity index (χ1v) is 11.5. The van der Waals surface area contributed by atoms with Crippen LogP contribution in [0.1, 0.15) is 62.1 Å². The van der Waals surface area contributed by atoms with Crippen molar-refractivity contribution in [3.63, 3.8) is 0 Å². The monoisotopic (exact) mass is 393 g/mol. The maximum absolute atomic E-state index is 5.92. The number of hydrogen-bond donors (Lipinski definition) is 0. The van der Waals surface area contributed by atoms with E-state index in [0.29, 0.717) is 6.04 Å². The van der Waals surface area contributed by atoms with Gasteiger partial charge in [-0.15, -0.1) is 0 Å². The van der Waals surface area contributed by atoms with Gasteiger partial charge in [0.25, 0.3) is 0 Å². The van der Waals surface area contributed by atoms with E-state index in [4.69, 9.17) is 9.47 Å². The van der Waals surface area contributed by atoms with E-state index in [1.165, 1.54) is 56.3 Å². The molecule has 0 N–H and O–H groups in total. The quantitative estimate of drug-likeness (QED) is 0.528. The lowest BCUT2D eigenvalue weighted by Gasteiger charge is -2.38. The smallest absolute Gasteiger partial charge is 0.157 e. The van der Waals surface area contributed by atoms with Crippen LogP contribution in [-0.4, -0.2) is 37.5 Å². The molecule has 0 aliphatic carbocycles. The van der Waals surface area contributed by atoms with Gasteiger partial charge in [-0.25, -0.2) is 0 Å². The molecule has 0 radical (unpaired) electrons. The molecule has 29 heavy (non-hydrogen) atoms. The Hall–Kier alpha value is -1.68. The summed E-state index contributed by atoms with van der Waals surface area (Å²) in [6.45, 7) is 4.06. The Morgan fingerprint density at radius 1 is 0.862 bits per heavy atom. The predicted octanol–water partition coefficient (Wildman–Crippen LogP) is 5.81. The third-order valence-corrected chi connectivity index (χ3v) is 6.44. The summed E-state index contributed by atoms with van der Waals surface area (Å²) < 4.78 is 11.6. The zero-order valence-corrected chi connectivity index (χ0v) is 17.5. The molecule has 0 spiro atoms. The highest BCUT2D eigenvalue weighted by Crippen LogP contribution is 2.33. The normalized spacial score (nSPS) is 21.5. The van der Waals surface area contributed by atoms with E-state index in [9.17, 15) is 0 Å². The van der Waals surface area contributed by atoms with E-state index in [2.05, 4.69) is 65.6 Å². The minimum absolute atomic E-state index is 0.0584. The molecule has 0 amide bonds. The number of rotatable bonds is 8. The van der Waals surface area contributed by atoms with Crippen molar-refractivity contribution in [1.82, 2.24) is 4.90 Å². The Morgan fingerprint density at radius 3 is 2.10 bits per heavy atom. The Kier molecular flexibility index (Phi) is 7.75. The van der Waals surface area contributed by atoms with Crippen LogP contribution in [-0.2, 0) is 9.47 Å². The van der Waals surface area contributed by atoms with Crippen molar-refractivity contribution in [2.45, 2.75) is 57.3 Å². The van der Waals surface area contributed by atoms with Crippen LogP contribution in [0.3, 0.4) is 0 Å². The molecule has 3 heteroatoms. The van der Waals surface area contributed by atoms with Crippen molar-refractivity contribution >= 4 is 0 Å². The molecule has 2 heterocycles. The first kappa shape index (κ1) is 20.6. The van der Waals surface area contributed by atoms with Gasteiger partial charge in [0.15, 0.2) is 6.29 Å². The van der Waals surface area contributed by atoms with Crippen molar-refractivity contribution in [3.05, 3.63) is 71.8 Å². The van der Waals surface area contributed by atoms with Gasteiger partial charge in [0.1, 0.15) is 0 Å². The van der Waals surface area contributed by atoms with Crippen LogP contribution in [0, 0.1) is 5.92 Å². The Balaban J connectivity index is 1.27. The fourth-order valence-electron chi connectivity index (χ4n) is 4.81. The molecule has 1 unspecified atom stereocenters. The standard InChI is InChI=1S/C26H35NO2/c1-3-11-23(12-4-1)26(24-13-5-2-6-14-24)27-18-16-22(17-19-27)10-9-21-29-25-15-7-8-20-28-25/h1-6,11-14,22,25-26H,7-10,15-21H2. The molecule has 3 nitrogen and oxygen atoms in total. The van der Waals surface area contributed by atoms with Crippen LogP contribution in [0.4, 0.5) is 0 Å². The highest BCUT2D eigenvalue weighted by Gasteiger charge is 2.27. The number of likely N-dealkylation sites (tertiary alicyclic amines) is 1. The number of hydrogen-bond acceptors (Lipinski definition) is 3.